The summed E-state index contributed by atoms with van der Waals surface area (Å²) in [6.45, 7) is -0.347. The number of aromatic nitrogens is 2. The first-order chi connectivity index (χ1) is 12.2. The molecule has 3 nitrogen and oxygen atoms in total. The van der Waals surface area contributed by atoms with Crippen LogP contribution in [0.1, 0.15) is 5.56 Å². The Morgan fingerprint density at radius 1 is 0.960 bits per heavy atom. The number of nitrogens with zero attached hydrogens (tertiary/aromatic N) is 2. The summed E-state index contributed by atoms with van der Waals surface area (Å²) in [5.74, 6) is -0.410. The number of hydrogen-bond acceptors (Lipinski definition) is 2. The number of pyridine rings is 1. The van der Waals surface area contributed by atoms with E-state index < -0.39 is 5.82 Å². The van der Waals surface area contributed by atoms with Crippen molar-refractivity contribution in [3.63, 3.8) is 0 Å². The smallest absolute Gasteiger partial charge is 0.137 e. The number of aliphatic hydroxyl groups is 1. The molecule has 25 heavy (non-hydrogen) atoms. The van der Waals surface area contributed by atoms with Gasteiger partial charge in [-0.2, -0.15) is 0 Å². The predicted molar refractivity (Wildman–Crippen MR) is 97.0 cm³/mol. The molecule has 0 radical (unpaired) electrons. The molecule has 0 unspecified atom stereocenters. The van der Waals surface area contributed by atoms with E-state index in [1.807, 2.05) is 53.2 Å². The highest BCUT2D eigenvalue weighted by Gasteiger charge is 2.11. The fourth-order valence-corrected chi connectivity index (χ4v) is 3.03. The third-order valence-electron chi connectivity index (χ3n) is 4.18. The highest BCUT2D eigenvalue weighted by atomic mass is 35.5. The average molecular weight is 353 g/mol. The van der Waals surface area contributed by atoms with Crippen LogP contribution >= 0.6 is 11.6 Å². The maximum atomic E-state index is 13.9. The van der Waals surface area contributed by atoms with Crippen molar-refractivity contribution in [2.75, 3.05) is 0 Å². The maximum absolute atomic E-state index is 13.9. The highest BCUT2D eigenvalue weighted by molar-refractivity contribution is 6.30. The quantitative estimate of drug-likeness (QED) is 0.566. The Labute approximate surface area is 149 Å². The lowest BCUT2D eigenvalue weighted by atomic mass is 10.0. The SMILES string of the molecule is OCc1c(F)cccc1-c1ccc2nc(-c3ccc(Cl)cc3)cn2c1. The van der Waals surface area contributed by atoms with Gasteiger partial charge in [0.1, 0.15) is 11.5 Å². The molecule has 4 rings (SSSR count). The zero-order valence-electron chi connectivity index (χ0n) is 13.2. The van der Waals surface area contributed by atoms with E-state index in [9.17, 15) is 9.50 Å². The van der Waals surface area contributed by atoms with Crippen LogP contribution in [0.15, 0.2) is 67.0 Å². The summed E-state index contributed by atoms with van der Waals surface area (Å²) < 4.78 is 15.8. The number of hydrogen-bond donors (Lipinski definition) is 1. The molecule has 0 atom stereocenters. The van der Waals surface area contributed by atoms with Crippen LogP contribution in [0.5, 0.6) is 0 Å². The second kappa shape index (κ2) is 6.31. The molecular formula is C20H14ClFN2O. The van der Waals surface area contributed by atoms with Crippen molar-refractivity contribution in [2.24, 2.45) is 0 Å². The Morgan fingerprint density at radius 3 is 2.48 bits per heavy atom. The van der Waals surface area contributed by atoms with Crippen LogP contribution in [-0.4, -0.2) is 14.5 Å². The first-order valence-corrected chi connectivity index (χ1v) is 8.17. The maximum Gasteiger partial charge on any atom is 0.137 e. The molecule has 0 spiro atoms. The Bertz CT molecular complexity index is 1060. The van der Waals surface area contributed by atoms with Gasteiger partial charge in [-0.3, -0.25) is 0 Å². The van der Waals surface area contributed by atoms with Crippen molar-refractivity contribution in [2.45, 2.75) is 6.61 Å². The van der Waals surface area contributed by atoms with Crippen molar-refractivity contribution in [1.29, 1.82) is 0 Å². The molecule has 2 aromatic carbocycles. The molecule has 0 bridgehead atoms. The van der Waals surface area contributed by atoms with Gasteiger partial charge in [0, 0.05) is 28.5 Å². The number of imidazole rings is 1. The molecule has 5 heteroatoms. The molecule has 0 fully saturated rings. The van der Waals surface area contributed by atoms with E-state index >= 15 is 0 Å². The van der Waals surface area contributed by atoms with Gasteiger partial charge in [-0.1, -0.05) is 35.9 Å². The molecular weight excluding hydrogens is 339 g/mol. The van der Waals surface area contributed by atoms with Crippen molar-refractivity contribution in [3.8, 4) is 22.4 Å². The summed E-state index contributed by atoms with van der Waals surface area (Å²) in [5, 5.41) is 10.2. The molecule has 2 heterocycles. The van der Waals surface area contributed by atoms with Crippen LogP contribution in [0.25, 0.3) is 28.0 Å². The lowest BCUT2D eigenvalue weighted by Crippen LogP contribution is -1.95. The molecule has 1 N–H and O–H groups in total. The van der Waals surface area contributed by atoms with Gasteiger partial charge >= 0.3 is 0 Å². The number of aliphatic hydroxyl groups excluding tert-OH is 1. The minimum absolute atomic E-state index is 0.292. The van der Waals surface area contributed by atoms with Gasteiger partial charge in [0.2, 0.25) is 0 Å². The number of fused-ring (bicyclic) bond motifs is 1. The minimum atomic E-state index is -0.410. The number of benzene rings is 2. The van der Waals surface area contributed by atoms with Crippen LogP contribution in [0, 0.1) is 5.82 Å². The summed E-state index contributed by atoms with van der Waals surface area (Å²) in [5.41, 5.74) is 4.37. The summed E-state index contributed by atoms with van der Waals surface area (Å²) in [6, 6.07) is 16.0. The van der Waals surface area contributed by atoms with Crippen LogP contribution in [0.4, 0.5) is 4.39 Å². The Balaban J connectivity index is 1.81. The molecule has 0 aliphatic rings. The second-order valence-electron chi connectivity index (χ2n) is 5.74. The zero-order valence-corrected chi connectivity index (χ0v) is 13.9. The van der Waals surface area contributed by atoms with Crippen LogP contribution < -0.4 is 0 Å². The first-order valence-electron chi connectivity index (χ1n) is 7.79. The molecule has 0 amide bonds. The number of rotatable bonds is 3. The molecule has 124 valence electrons. The lowest BCUT2D eigenvalue weighted by Gasteiger charge is -2.09. The van der Waals surface area contributed by atoms with E-state index in [0.29, 0.717) is 16.1 Å². The average Bonchev–Trinajstić information content (AvgIpc) is 3.05. The van der Waals surface area contributed by atoms with Crippen molar-refractivity contribution >= 4 is 17.2 Å². The molecule has 0 aliphatic heterocycles. The lowest BCUT2D eigenvalue weighted by molar-refractivity contribution is 0.276. The van der Waals surface area contributed by atoms with Crippen LogP contribution in [0.2, 0.25) is 5.02 Å². The van der Waals surface area contributed by atoms with Crippen molar-refractivity contribution < 1.29 is 9.50 Å². The second-order valence-corrected chi connectivity index (χ2v) is 6.18. The van der Waals surface area contributed by atoms with E-state index in [1.54, 1.807) is 12.1 Å². The van der Waals surface area contributed by atoms with Crippen molar-refractivity contribution in [3.05, 3.63) is 83.4 Å². The summed E-state index contributed by atoms with van der Waals surface area (Å²) in [4.78, 5) is 4.60. The minimum Gasteiger partial charge on any atom is -0.392 e. The van der Waals surface area contributed by atoms with E-state index in [2.05, 4.69) is 4.98 Å². The summed E-state index contributed by atoms with van der Waals surface area (Å²) >= 11 is 5.93. The van der Waals surface area contributed by atoms with Crippen molar-refractivity contribution in [1.82, 2.24) is 9.38 Å². The zero-order chi connectivity index (χ0) is 17.4. The largest absolute Gasteiger partial charge is 0.392 e. The van der Waals surface area contributed by atoms with E-state index in [4.69, 9.17) is 11.6 Å². The van der Waals surface area contributed by atoms with Gasteiger partial charge in [0.15, 0.2) is 0 Å². The number of halogens is 2. The van der Waals surface area contributed by atoms with E-state index in [0.717, 1.165) is 22.5 Å². The molecule has 0 aliphatic carbocycles. The van der Waals surface area contributed by atoms with Gasteiger partial charge in [-0.25, -0.2) is 9.37 Å². The normalized spacial score (nSPS) is 11.2. The third-order valence-corrected chi connectivity index (χ3v) is 4.43. The molecule has 2 aromatic heterocycles. The molecule has 0 saturated carbocycles. The summed E-state index contributed by atoms with van der Waals surface area (Å²) in [7, 11) is 0. The van der Waals surface area contributed by atoms with Gasteiger partial charge in [0.25, 0.3) is 0 Å². The Morgan fingerprint density at radius 2 is 1.72 bits per heavy atom. The summed E-state index contributed by atoms with van der Waals surface area (Å²) in [6.07, 6.45) is 3.80. The molecule has 4 aromatic rings. The first kappa shape index (κ1) is 15.8. The van der Waals surface area contributed by atoms with Gasteiger partial charge < -0.3 is 9.51 Å². The predicted octanol–water partition coefficient (Wildman–Crippen LogP) is 4.95. The Hall–Kier alpha value is -2.69. The Kier molecular flexibility index (Phi) is 3.99. The van der Waals surface area contributed by atoms with Crippen LogP contribution in [0.3, 0.4) is 0 Å². The van der Waals surface area contributed by atoms with Gasteiger partial charge in [-0.05, 0) is 41.5 Å². The van der Waals surface area contributed by atoms with Gasteiger partial charge in [-0.15, -0.1) is 0 Å². The fourth-order valence-electron chi connectivity index (χ4n) is 2.90. The van der Waals surface area contributed by atoms with E-state index in [-0.39, 0.29) is 6.61 Å². The molecule has 0 saturated heterocycles. The fraction of sp³-hybridized carbons (Fsp3) is 0.0500. The monoisotopic (exact) mass is 352 g/mol. The topological polar surface area (TPSA) is 37.5 Å². The van der Waals surface area contributed by atoms with Crippen LogP contribution in [-0.2, 0) is 6.61 Å². The highest BCUT2D eigenvalue weighted by Crippen LogP contribution is 2.28. The standard InChI is InChI=1S/C20H14ClFN2O/c21-15-7-4-13(5-8-15)19-11-24-10-14(6-9-20(24)23-19)16-2-1-3-18(22)17(16)12-25/h1-11,25H,12H2. The van der Waals surface area contributed by atoms with Gasteiger partial charge in [0.05, 0.1) is 12.3 Å². The third kappa shape index (κ3) is 2.90. The van der Waals surface area contributed by atoms with E-state index in [1.165, 1.54) is 6.07 Å².